The highest BCUT2D eigenvalue weighted by Gasteiger charge is 2.14. The highest BCUT2D eigenvalue weighted by molar-refractivity contribution is 8.76. The maximum absolute atomic E-state index is 10.1. The molecule has 0 fully saturated rings. The molecule has 0 amide bonds. The summed E-state index contributed by atoms with van der Waals surface area (Å²) in [4.78, 5) is 8.85. The summed E-state index contributed by atoms with van der Waals surface area (Å²) >= 11 is 0. The van der Waals surface area contributed by atoms with Crippen molar-refractivity contribution >= 4 is 21.6 Å². The molecular weight excluding hydrogens is 368 g/mol. The molecule has 0 aliphatic rings. The largest absolute Gasteiger partial charge is 0.426 e. The second-order valence-electron chi connectivity index (χ2n) is 5.41. The van der Waals surface area contributed by atoms with Crippen molar-refractivity contribution in [1.29, 1.82) is 0 Å². The highest BCUT2D eigenvalue weighted by Crippen LogP contribution is 2.37. The van der Waals surface area contributed by atoms with Crippen molar-refractivity contribution in [1.82, 2.24) is 19.4 Å². The van der Waals surface area contributed by atoms with Crippen LogP contribution in [-0.4, -0.2) is 29.8 Å². The van der Waals surface area contributed by atoms with Gasteiger partial charge in [-0.15, -0.1) is 0 Å². The van der Waals surface area contributed by atoms with Crippen molar-refractivity contribution in [2.75, 3.05) is 0 Å². The summed E-state index contributed by atoms with van der Waals surface area (Å²) in [6.45, 7) is 0. The average Bonchev–Trinajstić information content (AvgIpc) is 3.24. The number of hydrogen-bond acceptors (Lipinski definition) is 6. The van der Waals surface area contributed by atoms with Crippen molar-refractivity contribution in [3.05, 3.63) is 73.1 Å². The SMILES string of the molecule is On1cc(-c2ccccc2)nc1SSc1nc(-c2ccccc2)cn1O. The Kier molecular flexibility index (Phi) is 4.59. The molecule has 130 valence electrons. The van der Waals surface area contributed by atoms with Gasteiger partial charge < -0.3 is 10.4 Å². The Hall–Kier alpha value is -2.84. The maximum atomic E-state index is 10.1. The van der Waals surface area contributed by atoms with Gasteiger partial charge in [-0.1, -0.05) is 60.7 Å². The van der Waals surface area contributed by atoms with Gasteiger partial charge in [0.2, 0.25) is 10.3 Å². The molecular formula is C18H14N4O2S2. The first kappa shape index (κ1) is 16.6. The van der Waals surface area contributed by atoms with Crippen molar-refractivity contribution in [3.8, 4) is 22.5 Å². The van der Waals surface area contributed by atoms with Crippen molar-refractivity contribution in [2.45, 2.75) is 10.3 Å². The predicted molar refractivity (Wildman–Crippen MR) is 101 cm³/mol. The van der Waals surface area contributed by atoms with Crippen LogP contribution in [0.15, 0.2) is 83.4 Å². The lowest BCUT2D eigenvalue weighted by molar-refractivity contribution is 0.159. The highest BCUT2D eigenvalue weighted by atomic mass is 33.1. The van der Waals surface area contributed by atoms with Gasteiger partial charge in [-0.25, -0.2) is 9.97 Å². The van der Waals surface area contributed by atoms with Gasteiger partial charge in [0.05, 0.1) is 23.8 Å². The van der Waals surface area contributed by atoms with Gasteiger partial charge in [-0.3, -0.25) is 0 Å². The first-order valence-electron chi connectivity index (χ1n) is 7.73. The standard InChI is InChI=1S/C18H14N4O2S2/c23-21-11-15(13-7-3-1-4-8-13)19-17(21)25-26-18-20-16(12-22(18)24)14-9-5-2-6-10-14/h1-12,23-24H. The summed E-state index contributed by atoms with van der Waals surface area (Å²) in [5.41, 5.74) is 3.19. The third-order valence-electron chi connectivity index (χ3n) is 3.64. The molecule has 8 heteroatoms. The molecule has 0 spiro atoms. The second kappa shape index (κ2) is 7.19. The molecule has 2 aromatic carbocycles. The Morgan fingerprint density at radius 3 is 1.38 bits per heavy atom. The Morgan fingerprint density at radius 2 is 1.00 bits per heavy atom. The lowest BCUT2D eigenvalue weighted by Gasteiger charge is -1.98. The molecule has 2 heterocycles. The van der Waals surface area contributed by atoms with Crippen LogP contribution in [0.4, 0.5) is 0 Å². The van der Waals surface area contributed by atoms with Crippen LogP contribution in [0.3, 0.4) is 0 Å². The van der Waals surface area contributed by atoms with E-state index in [2.05, 4.69) is 9.97 Å². The van der Waals surface area contributed by atoms with E-state index in [0.29, 0.717) is 21.7 Å². The third-order valence-corrected chi connectivity index (χ3v) is 5.73. The van der Waals surface area contributed by atoms with E-state index >= 15 is 0 Å². The number of nitrogens with zero attached hydrogens (tertiary/aromatic N) is 4. The lowest BCUT2D eigenvalue weighted by Crippen LogP contribution is -1.91. The molecule has 6 nitrogen and oxygen atoms in total. The predicted octanol–water partition coefficient (Wildman–Crippen LogP) is 4.69. The third kappa shape index (κ3) is 3.42. The molecule has 2 aromatic heterocycles. The fourth-order valence-electron chi connectivity index (χ4n) is 2.39. The lowest BCUT2D eigenvalue weighted by atomic mass is 10.2. The van der Waals surface area contributed by atoms with E-state index in [1.165, 1.54) is 21.6 Å². The zero-order chi connectivity index (χ0) is 17.9. The van der Waals surface area contributed by atoms with Gasteiger partial charge in [0.15, 0.2) is 0 Å². The Bertz CT molecular complexity index is 933. The van der Waals surface area contributed by atoms with Gasteiger partial charge >= 0.3 is 0 Å². The van der Waals surface area contributed by atoms with Gasteiger partial charge in [0.25, 0.3) is 0 Å². The van der Waals surface area contributed by atoms with E-state index < -0.39 is 0 Å². The van der Waals surface area contributed by atoms with E-state index in [4.69, 9.17) is 0 Å². The Morgan fingerprint density at radius 1 is 0.615 bits per heavy atom. The molecule has 0 bridgehead atoms. The molecule has 0 saturated heterocycles. The molecule has 0 aliphatic carbocycles. The zero-order valence-electron chi connectivity index (χ0n) is 13.4. The summed E-state index contributed by atoms with van der Waals surface area (Å²) in [6.07, 6.45) is 3.11. The van der Waals surface area contributed by atoms with E-state index in [1.807, 2.05) is 60.7 Å². The minimum Gasteiger partial charge on any atom is -0.426 e. The van der Waals surface area contributed by atoms with Gasteiger partial charge in [0, 0.05) is 11.1 Å². The average molecular weight is 382 g/mol. The molecule has 4 aromatic rings. The first-order chi connectivity index (χ1) is 12.7. The van der Waals surface area contributed by atoms with E-state index in [-0.39, 0.29) is 0 Å². The first-order valence-corrected chi connectivity index (χ1v) is 9.88. The summed E-state index contributed by atoms with van der Waals surface area (Å²) in [6, 6.07) is 19.2. The van der Waals surface area contributed by atoms with Gasteiger partial charge in [-0.05, 0) is 21.6 Å². The van der Waals surface area contributed by atoms with Crippen LogP contribution in [0.1, 0.15) is 0 Å². The minimum atomic E-state index is 0.401. The fourth-order valence-corrected chi connectivity index (χ4v) is 4.20. The Labute approximate surface area is 157 Å². The van der Waals surface area contributed by atoms with Crippen molar-refractivity contribution < 1.29 is 10.4 Å². The summed E-state index contributed by atoms with van der Waals surface area (Å²) in [5, 5.41) is 20.9. The molecule has 0 saturated carbocycles. The van der Waals surface area contributed by atoms with Crippen LogP contribution in [0.25, 0.3) is 22.5 Å². The number of hydrogen-bond donors (Lipinski definition) is 2. The molecule has 0 aliphatic heterocycles. The molecule has 26 heavy (non-hydrogen) atoms. The monoisotopic (exact) mass is 382 g/mol. The van der Waals surface area contributed by atoms with Gasteiger partial charge in [0.1, 0.15) is 0 Å². The summed E-state index contributed by atoms with van der Waals surface area (Å²) < 4.78 is 1.95. The summed E-state index contributed by atoms with van der Waals surface area (Å²) in [7, 11) is 2.43. The van der Waals surface area contributed by atoms with Crippen LogP contribution < -0.4 is 0 Å². The molecule has 2 N–H and O–H groups in total. The van der Waals surface area contributed by atoms with Crippen LogP contribution in [0, 0.1) is 0 Å². The van der Waals surface area contributed by atoms with E-state index in [1.54, 1.807) is 12.4 Å². The molecule has 0 atom stereocenters. The second-order valence-corrected chi connectivity index (χ2v) is 7.47. The molecule has 0 radical (unpaired) electrons. The van der Waals surface area contributed by atoms with Crippen molar-refractivity contribution in [3.63, 3.8) is 0 Å². The number of benzene rings is 2. The fraction of sp³-hybridized carbons (Fsp3) is 0. The van der Waals surface area contributed by atoms with Crippen LogP contribution in [0.2, 0.25) is 0 Å². The van der Waals surface area contributed by atoms with Gasteiger partial charge in [-0.2, -0.15) is 9.46 Å². The Balaban J connectivity index is 1.51. The number of aromatic nitrogens is 4. The molecule has 0 unspecified atom stereocenters. The minimum absolute atomic E-state index is 0.401. The van der Waals surface area contributed by atoms with Crippen LogP contribution in [-0.2, 0) is 0 Å². The van der Waals surface area contributed by atoms with E-state index in [9.17, 15) is 10.4 Å². The zero-order valence-corrected chi connectivity index (χ0v) is 15.1. The number of imidazole rings is 2. The molecule has 4 rings (SSSR count). The van der Waals surface area contributed by atoms with Crippen LogP contribution in [0.5, 0.6) is 0 Å². The quantitative estimate of drug-likeness (QED) is 0.385. The smallest absolute Gasteiger partial charge is 0.214 e. The van der Waals surface area contributed by atoms with Crippen LogP contribution >= 0.6 is 21.6 Å². The van der Waals surface area contributed by atoms with Crippen molar-refractivity contribution in [2.24, 2.45) is 0 Å². The normalized spacial score (nSPS) is 10.9. The number of rotatable bonds is 5. The summed E-state index contributed by atoms with van der Waals surface area (Å²) in [5.74, 6) is 0. The van der Waals surface area contributed by atoms with E-state index in [0.717, 1.165) is 20.6 Å². The topological polar surface area (TPSA) is 76.1 Å². The maximum Gasteiger partial charge on any atom is 0.214 e.